The molecule has 156 valence electrons. The molecule has 1 atom stereocenters. The fraction of sp³-hybridized carbons (Fsp3) is 0.417. The Kier molecular flexibility index (Phi) is 7.82. The fourth-order valence-electron chi connectivity index (χ4n) is 2.59. The maximum atomic E-state index is 12.1. The number of ether oxygens (including phenoxy) is 2. The van der Waals surface area contributed by atoms with Crippen molar-refractivity contribution < 1.29 is 19.1 Å². The standard InChI is InChI=1S/C24H31NO4/c1-6-17(2)25-22(26)16-29-23(27)19-9-7-18(8-10-19)15-28-21-13-11-20(12-14-21)24(3,4)5/h7-14,17H,6,15-16H2,1-5H3,(H,25,26)/t17-/m0/s1. The molecule has 0 bridgehead atoms. The predicted molar refractivity (Wildman–Crippen MR) is 114 cm³/mol. The van der Waals surface area contributed by atoms with Crippen LogP contribution in [-0.4, -0.2) is 24.5 Å². The first-order valence-corrected chi connectivity index (χ1v) is 9.98. The highest BCUT2D eigenvalue weighted by Crippen LogP contribution is 2.24. The van der Waals surface area contributed by atoms with E-state index in [9.17, 15) is 9.59 Å². The second-order valence-corrected chi connectivity index (χ2v) is 8.21. The van der Waals surface area contributed by atoms with Gasteiger partial charge in [0.2, 0.25) is 0 Å². The molecule has 0 unspecified atom stereocenters. The first kappa shape index (κ1) is 22.5. The van der Waals surface area contributed by atoms with Crippen LogP contribution in [-0.2, 0) is 21.6 Å². The van der Waals surface area contributed by atoms with Gasteiger partial charge in [-0.25, -0.2) is 4.79 Å². The van der Waals surface area contributed by atoms with Crippen LogP contribution >= 0.6 is 0 Å². The number of nitrogens with one attached hydrogen (secondary N) is 1. The summed E-state index contributed by atoms with van der Waals surface area (Å²) in [4.78, 5) is 23.8. The molecule has 0 aliphatic carbocycles. The van der Waals surface area contributed by atoms with Gasteiger partial charge in [0, 0.05) is 6.04 Å². The summed E-state index contributed by atoms with van der Waals surface area (Å²) in [5, 5.41) is 2.76. The summed E-state index contributed by atoms with van der Waals surface area (Å²) in [7, 11) is 0. The largest absolute Gasteiger partial charge is 0.489 e. The van der Waals surface area contributed by atoms with Crippen LogP contribution in [0.2, 0.25) is 0 Å². The van der Waals surface area contributed by atoms with Gasteiger partial charge in [-0.2, -0.15) is 0 Å². The molecule has 2 aromatic rings. The first-order valence-electron chi connectivity index (χ1n) is 9.98. The van der Waals surface area contributed by atoms with Crippen LogP contribution in [0, 0.1) is 0 Å². The molecule has 5 nitrogen and oxygen atoms in total. The molecule has 1 amide bonds. The second-order valence-electron chi connectivity index (χ2n) is 8.21. The van der Waals surface area contributed by atoms with Gasteiger partial charge in [0.25, 0.3) is 5.91 Å². The normalized spacial score (nSPS) is 12.2. The number of hydrogen-bond donors (Lipinski definition) is 1. The molecule has 2 aromatic carbocycles. The molecule has 0 aromatic heterocycles. The lowest BCUT2D eigenvalue weighted by Crippen LogP contribution is -2.35. The highest BCUT2D eigenvalue weighted by Gasteiger charge is 2.13. The number of carbonyl (C=O) groups excluding carboxylic acids is 2. The Morgan fingerprint density at radius 2 is 1.62 bits per heavy atom. The van der Waals surface area contributed by atoms with Crippen molar-refractivity contribution in [1.82, 2.24) is 5.32 Å². The molecule has 0 saturated heterocycles. The molecule has 0 fully saturated rings. The van der Waals surface area contributed by atoms with Gasteiger partial charge in [-0.3, -0.25) is 4.79 Å². The zero-order valence-electron chi connectivity index (χ0n) is 18.0. The summed E-state index contributed by atoms with van der Waals surface area (Å²) in [6.45, 7) is 10.5. The lowest BCUT2D eigenvalue weighted by atomic mass is 9.87. The average molecular weight is 398 g/mol. The Morgan fingerprint density at radius 1 is 1.00 bits per heavy atom. The average Bonchev–Trinajstić information content (AvgIpc) is 2.70. The van der Waals surface area contributed by atoms with Crippen molar-refractivity contribution in [2.75, 3.05) is 6.61 Å². The van der Waals surface area contributed by atoms with E-state index in [1.54, 1.807) is 12.1 Å². The quantitative estimate of drug-likeness (QED) is 0.660. The Morgan fingerprint density at radius 3 is 2.17 bits per heavy atom. The number of benzene rings is 2. The van der Waals surface area contributed by atoms with E-state index < -0.39 is 5.97 Å². The molecule has 5 heteroatoms. The van der Waals surface area contributed by atoms with Crippen LogP contribution in [0.5, 0.6) is 5.75 Å². The van der Waals surface area contributed by atoms with Crippen molar-refractivity contribution in [3.8, 4) is 5.75 Å². The molecule has 0 spiro atoms. The lowest BCUT2D eigenvalue weighted by Gasteiger charge is -2.19. The molecule has 0 aliphatic rings. The maximum Gasteiger partial charge on any atom is 0.338 e. The van der Waals surface area contributed by atoms with E-state index >= 15 is 0 Å². The summed E-state index contributed by atoms with van der Waals surface area (Å²) in [5.74, 6) is -0.0152. The molecule has 2 rings (SSSR count). The first-order chi connectivity index (χ1) is 13.7. The number of rotatable bonds is 8. The van der Waals surface area contributed by atoms with Gasteiger partial charge in [-0.15, -0.1) is 0 Å². The van der Waals surface area contributed by atoms with Crippen molar-refractivity contribution in [2.45, 2.75) is 59.1 Å². The molecule has 0 aliphatic heterocycles. The van der Waals surface area contributed by atoms with Crippen molar-refractivity contribution in [1.29, 1.82) is 0 Å². The maximum absolute atomic E-state index is 12.1. The molecule has 1 N–H and O–H groups in total. The minimum absolute atomic E-state index is 0.0603. The van der Waals surface area contributed by atoms with Crippen molar-refractivity contribution in [3.05, 3.63) is 65.2 Å². The van der Waals surface area contributed by atoms with Crippen molar-refractivity contribution in [3.63, 3.8) is 0 Å². The van der Waals surface area contributed by atoms with E-state index in [-0.39, 0.29) is 24.0 Å². The Balaban J connectivity index is 1.83. The number of amides is 1. The monoisotopic (exact) mass is 397 g/mol. The van der Waals surface area contributed by atoms with Crippen molar-refractivity contribution >= 4 is 11.9 Å². The molecule has 0 radical (unpaired) electrons. The number of esters is 1. The van der Waals surface area contributed by atoms with E-state index in [1.165, 1.54) is 5.56 Å². The second kappa shape index (κ2) is 10.1. The van der Waals surface area contributed by atoms with Crippen molar-refractivity contribution in [2.24, 2.45) is 0 Å². The van der Waals surface area contributed by atoms with Gasteiger partial charge in [-0.05, 0) is 54.2 Å². The van der Waals surface area contributed by atoms with Crippen LogP contribution in [0.1, 0.15) is 62.5 Å². The van der Waals surface area contributed by atoms with Crippen LogP contribution in [0.3, 0.4) is 0 Å². The van der Waals surface area contributed by atoms with Crippen LogP contribution < -0.4 is 10.1 Å². The zero-order chi connectivity index (χ0) is 21.4. The summed E-state index contributed by atoms with van der Waals surface area (Å²) >= 11 is 0. The third-order valence-corrected chi connectivity index (χ3v) is 4.67. The fourth-order valence-corrected chi connectivity index (χ4v) is 2.59. The highest BCUT2D eigenvalue weighted by atomic mass is 16.5. The summed E-state index contributed by atoms with van der Waals surface area (Å²) < 4.78 is 10.9. The minimum Gasteiger partial charge on any atom is -0.489 e. The van der Waals surface area contributed by atoms with Crippen LogP contribution in [0.25, 0.3) is 0 Å². The minimum atomic E-state index is -0.519. The third kappa shape index (κ3) is 7.26. The highest BCUT2D eigenvalue weighted by molar-refractivity contribution is 5.91. The van der Waals surface area contributed by atoms with Gasteiger partial charge in [0.15, 0.2) is 6.61 Å². The molecular formula is C24H31NO4. The Hall–Kier alpha value is -2.82. The predicted octanol–water partition coefficient (Wildman–Crippen LogP) is 4.63. The molecule has 0 saturated carbocycles. The van der Waals surface area contributed by atoms with Crippen LogP contribution in [0.15, 0.2) is 48.5 Å². The smallest absolute Gasteiger partial charge is 0.338 e. The Bertz CT molecular complexity index is 804. The SMILES string of the molecule is CC[C@H](C)NC(=O)COC(=O)c1ccc(COc2ccc(C(C)(C)C)cc2)cc1. The lowest BCUT2D eigenvalue weighted by molar-refractivity contribution is -0.124. The summed E-state index contributed by atoms with van der Waals surface area (Å²) in [6, 6.07) is 15.1. The van der Waals surface area contributed by atoms with Gasteiger partial charge in [0.05, 0.1) is 5.56 Å². The summed E-state index contributed by atoms with van der Waals surface area (Å²) in [5.41, 5.74) is 2.71. The molecule has 29 heavy (non-hydrogen) atoms. The molecular weight excluding hydrogens is 366 g/mol. The third-order valence-electron chi connectivity index (χ3n) is 4.67. The summed E-state index contributed by atoms with van der Waals surface area (Å²) in [6.07, 6.45) is 0.823. The van der Waals surface area contributed by atoms with E-state index in [2.05, 4.69) is 38.2 Å². The molecule has 0 heterocycles. The van der Waals surface area contributed by atoms with Gasteiger partial charge < -0.3 is 14.8 Å². The van der Waals surface area contributed by atoms with Gasteiger partial charge in [-0.1, -0.05) is 52.0 Å². The number of carbonyl (C=O) groups is 2. The van der Waals surface area contributed by atoms with Gasteiger partial charge >= 0.3 is 5.97 Å². The topological polar surface area (TPSA) is 64.6 Å². The zero-order valence-corrected chi connectivity index (χ0v) is 18.0. The van der Waals surface area contributed by atoms with E-state index in [1.807, 2.05) is 38.1 Å². The Labute approximate surface area is 173 Å². The van der Waals surface area contributed by atoms with E-state index in [0.717, 1.165) is 17.7 Å². The number of hydrogen-bond acceptors (Lipinski definition) is 4. The van der Waals surface area contributed by atoms with E-state index in [0.29, 0.717) is 12.2 Å². The van der Waals surface area contributed by atoms with E-state index in [4.69, 9.17) is 9.47 Å². The van der Waals surface area contributed by atoms with Gasteiger partial charge in [0.1, 0.15) is 12.4 Å². The van der Waals surface area contributed by atoms with Crippen LogP contribution in [0.4, 0.5) is 0 Å².